The summed E-state index contributed by atoms with van der Waals surface area (Å²) in [6.07, 6.45) is 0. The van der Waals surface area contributed by atoms with Crippen molar-refractivity contribution in [1.82, 2.24) is 9.88 Å². The Morgan fingerprint density at radius 1 is 1.00 bits per heavy atom. The van der Waals surface area contributed by atoms with Crippen molar-refractivity contribution in [2.24, 2.45) is 7.05 Å². The third-order valence-corrected chi connectivity index (χ3v) is 7.84. The van der Waals surface area contributed by atoms with Gasteiger partial charge >= 0.3 is 5.97 Å². The number of anilines is 1. The molecule has 3 aromatic carbocycles. The SMILES string of the molecule is COC(=O)c1ccccc1N1C(=O)CSc2c(c3ccccc3n2C)[C@H]1C(=O)NCc1ccccc1OC. The summed E-state index contributed by atoms with van der Waals surface area (Å²) in [6, 6.07) is 20.9. The van der Waals surface area contributed by atoms with Crippen LogP contribution in [-0.4, -0.2) is 42.3 Å². The van der Waals surface area contributed by atoms with E-state index in [2.05, 4.69) is 5.32 Å². The van der Waals surface area contributed by atoms with Gasteiger partial charge in [0.05, 0.1) is 36.2 Å². The van der Waals surface area contributed by atoms with Gasteiger partial charge in [-0.25, -0.2) is 4.79 Å². The maximum absolute atomic E-state index is 14.1. The highest BCUT2D eigenvalue weighted by molar-refractivity contribution is 8.00. The molecule has 0 saturated heterocycles. The molecule has 1 aliphatic rings. The number of amides is 2. The van der Waals surface area contributed by atoms with E-state index >= 15 is 0 Å². The number of carbonyl (C=O) groups excluding carboxylic acids is 3. The molecule has 38 heavy (non-hydrogen) atoms. The van der Waals surface area contributed by atoms with Crippen LogP contribution in [0.4, 0.5) is 5.69 Å². The number of esters is 1. The Hall–Kier alpha value is -4.24. The van der Waals surface area contributed by atoms with Crippen LogP contribution in [0.5, 0.6) is 5.75 Å². The number of aryl methyl sites for hydroxylation is 1. The van der Waals surface area contributed by atoms with E-state index in [1.807, 2.05) is 60.1 Å². The van der Waals surface area contributed by atoms with Crippen LogP contribution in [0.25, 0.3) is 10.9 Å². The Kier molecular flexibility index (Phi) is 7.11. The molecule has 0 aliphatic carbocycles. The Balaban J connectivity index is 1.68. The summed E-state index contributed by atoms with van der Waals surface area (Å²) in [5, 5.41) is 4.72. The molecule has 5 rings (SSSR count). The van der Waals surface area contributed by atoms with E-state index in [-0.39, 0.29) is 29.7 Å². The Labute approximate surface area is 224 Å². The smallest absolute Gasteiger partial charge is 0.339 e. The monoisotopic (exact) mass is 529 g/mol. The van der Waals surface area contributed by atoms with E-state index in [1.54, 1.807) is 31.4 Å². The fraction of sp³-hybridized carbons (Fsp3) is 0.207. The molecule has 1 aliphatic heterocycles. The predicted molar refractivity (Wildman–Crippen MR) is 146 cm³/mol. The molecule has 2 amide bonds. The van der Waals surface area contributed by atoms with Crippen molar-refractivity contribution in [2.45, 2.75) is 17.6 Å². The number of hydrogen-bond donors (Lipinski definition) is 1. The number of carbonyl (C=O) groups is 3. The van der Waals surface area contributed by atoms with Crippen molar-refractivity contribution in [3.63, 3.8) is 0 Å². The molecule has 8 nitrogen and oxygen atoms in total. The first kappa shape index (κ1) is 25.4. The lowest BCUT2D eigenvalue weighted by Crippen LogP contribution is -2.44. The van der Waals surface area contributed by atoms with Gasteiger partial charge < -0.3 is 19.4 Å². The number of nitrogens with zero attached hydrogens (tertiary/aromatic N) is 2. The van der Waals surface area contributed by atoms with Gasteiger partial charge in [0.25, 0.3) is 0 Å². The molecule has 2 heterocycles. The summed E-state index contributed by atoms with van der Waals surface area (Å²) in [4.78, 5) is 42.0. The van der Waals surface area contributed by atoms with Crippen LogP contribution in [0, 0.1) is 0 Å². The lowest BCUT2D eigenvalue weighted by molar-refractivity contribution is -0.125. The lowest BCUT2D eigenvalue weighted by atomic mass is 10.0. The Morgan fingerprint density at radius 2 is 1.71 bits per heavy atom. The molecule has 9 heteroatoms. The summed E-state index contributed by atoms with van der Waals surface area (Å²) in [6.45, 7) is 0.202. The largest absolute Gasteiger partial charge is 0.496 e. The third-order valence-electron chi connectivity index (χ3n) is 6.69. The standard InChI is InChI=1S/C29H27N3O5S/c1-31-21-13-7-5-11-19(21)25-26(27(34)30-16-18-10-4-9-15-23(18)36-2)32(24(33)17-38-28(25)31)22-14-8-6-12-20(22)29(35)37-3/h4-15,26H,16-17H2,1-3H3,(H,30,34)/t26-/m0/s1. The van der Waals surface area contributed by atoms with Gasteiger partial charge in [-0.05, 0) is 24.3 Å². The van der Waals surface area contributed by atoms with Crippen LogP contribution in [-0.2, 0) is 27.9 Å². The normalized spacial score (nSPS) is 15.1. The minimum Gasteiger partial charge on any atom is -0.496 e. The molecule has 0 saturated carbocycles. The first-order valence-corrected chi connectivity index (χ1v) is 13.0. The predicted octanol–water partition coefficient (Wildman–Crippen LogP) is 4.47. The minimum absolute atomic E-state index is 0.100. The summed E-state index contributed by atoms with van der Waals surface area (Å²) in [5.41, 5.74) is 3.00. The summed E-state index contributed by atoms with van der Waals surface area (Å²) in [5.74, 6) is -0.494. The van der Waals surface area contributed by atoms with Crippen molar-refractivity contribution >= 4 is 46.1 Å². The topological polar surface area (TPSA) is 89.9 Å². The van der Waals surface area contributed by atoms with Gasteiger partial charge in [-0.15, -0.1) is 0 Å². The van der Waals surface area contributed by atoms with Gasteiger partial charge in [0.15, 0.2) is 0 Å². The molecule has 0 radical (unpaired) electrons. The van der Waals surface area contributed by atoms with Gasteiger partial charge in [0, 0.05) is 35.6 Å². The van der Waals surface area contributed by atoms with Gasteiger partial charge in [0.1, 0.15) is 11.8 Å². The van der Waals surface area contributed by atoms with Crippen molar-refractivity contribution in [3.05, 3.63) is 89.5 Å². The Morgan fingerprint density at radius 3 is 2.50 bits per heavy atom. The maximum Gasteiger partial charge on any atom is 0.339 e. The number of methoxy groups -OCH3 is 2. The number of aromatic nitrogens is 1. The molecule has 0 unspecified atom stereocenters. The highest BCUT2D eigenvalue weighted by atomic mass is 32.2. The number of rotatable bonds is 6. The van der Waals surface area contributed by atoms with Crippen LogP contribution in [0.15, 0.2) is 77.8 Å². The number of para-hydroxylation sites is 3. The third kappa shape index (κ3) is 4.39. The van der Waals surface area contributed by atoms with Crippen molar-refractivity contribution in [3.8, 4) is 5.75 Å². The number of benzene rings is 3. The van der Waals surface area contributed by atoms with Crippen LogP contribution < -0.4 is 15.0 Å². The minimum atomic E-state index is -1.03. The van der Waals surface area contributed by atoms with E-state index in [9.17, 15) is 14.4 Å². The Bertz CT molecular complexity index is 1550. The fourth-order valence-corrected chi connectivity index (χ4v) is 6.00. The van der Waals surface area contributed by atoms with Gasteiger partial charge in [-0.2, -0.15) is 0 Å². The molecule has 0 bridgehead atoms. The van der Waals surface area contributed by atoms with E-state index in [0.717, 1.165) is 27.1 Å². The second kappa shape index (κ2) is 10.6. The molecule has 1 N–H and O–H groups in total. The van der Waals surface area contributed by atoms with E-state index in [0.29, 0.717) is 11.4 Å². The molecule has 194 valence electrons. The summed E-state index contributed by atoms with van der Waals surface area (Å²) in [7, 11) is 4.80. The molecule has 0 fully saturated rings. The van der Waals surface area contributed by atoms with Crippen molar-refractivity contribution in [2.75, 3.05) is 24.9 Å². The van der Waals surface area contributed by atoms with Crippen LogP contribution in [0.1, 0.15) is 27.5 Å². The first-order chi connectivity index (χ1) is 18.5. The number of ether oxygens (including phenoxy) is 2. The average Bonchev–Trinajstić information content (AvgIpc) is 3.13. The molecule has 1 aromatic heterocycles. The summed E-state index contributed by atoms with van der Waals surface area (Å²) >= 11 is 1.39. The molecular weight excluding hydrogens is 502 g/mol. The highest BCUT2D eigenvalue weighted by Gasteiger charge is 2.41. The van der Waals surface area contributed by atoms with Gasteiger partial charge in [0.2, 0.25) is 11.8 Å². The zero-order valence-corrected chi connectivity index (χ0v) is 22.1. The molecular formula is C29H27N3O5S. The van der Waals surface area contributed by atoms with E-state index in [1.165, 1.54) is 23.8 Å². The van der Waals surface area contributed by atoms with E-state index in [4.69, 9.17) is 9.47 Å². The molecule has 4 aromatic rings. The average molecular weight is 530 g/mol. The number of hydrogen-bond acceptors (Lipinski definition) is 6. The zero-order chi connectivity index (χ0) is 26.8. The first-order valence-electron chi connectivity index (χ1n) is 12.0. The van der Waals surface area contributed by atoms with Gasteiger partial charge in [-0.1, -0.05) is 60.3 Å². The van der Waals surface area contributed by atoms with E-state index < -0.39 is 12.0 Å². The lowest BCUT2D eigenvalue weighted by Gasteiger charge is -2.31. The summed E-state index contributed by atoms with van der Waals surface area (Å²) < 4.78 is 12.5. The second-order valence-corrected chi connectivity index (χ2v) is 9.75. The number of fused-ring (bicyclic) bond motifs is 3. The molecule has 1 atom stereocenters. The maximum atomic E-state index is 14.1. The quantitative estimate of drug-likeness (QED) is 0.371. The number of nitrogens with one attached hydrogen (secondary N) is 1. The van der Waals surface area contributed by atoms with Crippen molar-refractivity contribution in [1.29, 1.82) is 0 Å². The van der Waals surface area contributed by atoms with Crippen LogP contribution in [0.2, 0.25) is 0 Å². The van der Waals surface area contributed by atoms with Crippen LogP contribution in [0.3, 0.4) is 0 Å². The molecule has 0 spiro atoms. The van der Waals surface area contributed by atoms with Gasteiger partial charge in [-0.3, -0.25) is 14.5 Å². The van der Waals surface area contributed by atoms with Crippen LogP contribution >= 0.6 is 11.8 Å². The van der Waals surface area contributed by atoms with Crippen molar-refractivity contribution < 1.29 is 23.9 Å². The highest BCUT2D eigenvalue weighted by Crippen LogP contribution is 2.44. The zero-order valence-electron chi connectivity index (χ0n) is 21.3. The second-order valence-electron chi connectivity index (χ2n) is 8.79. The number of thioether (sulfide) groups is 1. The fourth-order valence-electron chi connectivity index (χ4n) is 4.93.